The Hall–Kier alpha value is -2.82. The standard InChI is InChI=1S/C15H11FN4/c16-15-3-1-2-13(20-15)14-10-12(6-9-18-14)19-11-4-7-17-8-5-11/h1-10H,(H,17,18,19). The number of nitrogens with one attached hydrogen (secondary N) is 1. The largest absolute Gasteiger partial charge is 0.355 e. The number of aromatic nitrogens is 3. The van der Waals surface area contributed by atoms with Crippen LogP contribution >= 0.6 is 0 Å². The normalized spacial score (nSPS) is 10.2. The Labute approximate surface area is 115 Å². The lowest BCUT2D eigenvalue weighted by Crippen LogP contribution is -1.94. The molecule has 0 bridgehead atoms. The first-order valence-corrected chi connectivity index (χ1v) is 6.07. The minimum Gasteiger partial charge on any atom is -0.355 e. The molecule has 4 nitrogen and oxygen atoms in total. The Kier molecular flexibility index (Phi) is 3.33. The van der Waals surface area contributed by atoms with Gasteiger partial charge in [0, 0.05) is 30.0 Å². The maximum absolute atomic E-state index is 13.1. The fourth-order valence-corrected chi connectivity index (χ4v) is 1.80. The molecule has 0 saturated carbocycles. The quantitative estimate of drug-likeness (QED) is 0.738. The van der Waals surface area contributed by atoms with Crippen molar-refractivity contribution in [1.29, 1.82) is 0 Å². The van der Waals surface area contributed by atoms with Crippen molar-refractivity contribution in [2.24, 2.45) is 0 Å². The van der Waals surface area contributed by atoms with Crippen LogP contribution in [0.1, 0.15) is 0 Å². The van der Waals surface area contributed by atoms with Gasteiger partial charge < -0.3 is 5.32 Å². The van der Waals surface area contributed by atoms with Crippen LogP contribution in [0, 0.1) is 5.95 Å². The maximum Gasteiger partial charge on any atom is 0.213 e. The van der Waals surface area contributed by atoms with E-state index in [9.17, 15) is 4.39 Å². The van der Waals surface area contributed by atoms with Gasteiger partial charge in [0.05, 0.1) is 11.4 Å². The van der Waals surface area contributed by atoms with E-state index in [0.29, 0.717) is 11.4 Å². The minimum atomic E-state index is -0.517. The highest BCUT2D eigenvalue weighted by Crippen LogP contribution is 2.21. The fraction of sp³-hybridized carbons (Fsp3) is 0. The summed E-state index contributed by atoms with van der Waals surface area (Å²) in [5, 5.41) is 3.23. The molecule has 0 fully saturated rings. The molecule has 0 spiro atoms. The first-order valence-electron chi connectivity index (χ1n) is 6.07. The molecular formula is C15H11FN4. The molecule has 1 N–H and O–H groups in total. The first-order chi connectivity index (χ1) is 9.81. The molecule has 3 rings (SSSR count). The van der Waals surface area contributed by atoms with Gasteiger partial charge in [-0.2, -0.15) is 4.39 Å². The van der Waals surface area contributed by atoms with Gasteiger partial charge in [-0.15, -0.1) is 0 Å². The Balaban J connectivity index is 1.90. The summed E-state index contributed by atoms with van der Waals surface area (Å²) in [5.41, 5.74) is 2.89. The number of hydrogen-bond donors (Lipinski definition) is 1. The predicted molar refractivity (Wildman–Crippen MR) is 74.9 cm³/mol. The summed E-state index contributed by atoms with van der Waals surface area (Å²) in [6.45, 7) is 0. The molecule has 0 aliphatic rings. The molecule has 0 aliphatic heterocycles. The van der Waals surface area contributed by atoms with Crippen LogP contribution in [-0.4, -0.2) is 15.0 Å². The Bertz CT molecular complexity index is 716. The summed E-state index contributed by atoms with van der Waals surface area (Å²) >= 11 is 0. The van der Waals surface area contributed by atoms with Crippen LogP contribution in [0.5, 0.6) is 0 Å². The van der Waals surface area contributed by atoms with Crippen molar-refractivity contribution in [1.82, 2.24) is 15.0 Å². The van der Waals surface area contributed by atoms with Crippen LogP contribution in [0.25, 0.3) is 11.4 Å². The van der Waals surface area contributed by atoms with Gasteiger partial charge in [-0.1, -0.05) is 6.07 Å². The molecule has 0 saturated heterocycles. The average molecular weight is 266 g/mol. The Morgan fingerprint density at radius 2 is 1.65 bits per heavy atom. The van der Waals surface area contributed by atoms with Gasteiger partial charge in [0.15, 0.2) is 0 Å². The lowest BCUT2D eigenvalue weighted by atomic mass is 10.2. The van der Waals surface area contributed by atoms with Crippen LogP contribution in [0.2, 0.25) is 0 Å². The summed E-state index contributed by atoms with van der Waals surface area (Å²) < 4.78 is 13.1. The fourth-order valence-electron chi connectivity index (χ4n) is 1.80. The van der Waals surface area contributed by atoms with E-state index in [1.165, 1.54) is 6.07 Å². The van der Waals surface area contributed by atoms with E-state index in [1.54, 1.807) is 30.7 Å². The zero-order chi connectivity index (χ0) is 13.8. The SMILES string of the molecule is Fc1cccc(-c2cc(Nc3ccncc3)ccn2)n1. The zero-order valence-electron chi connectivity index (χ0n) is 10.5. The molecule has 3 heterocycles. The number of halogens is 1. The molecule has 0 amide bonds. The first kappa shape index (κ1) is 12.2. The van der Waals surface area contributed by atoms with Crippen molar-refractivity contribution in [2.45, 2.75) is 0 Å². The van der Waals surface area contributed by atoms with Crippen molar-refractivity contribution >= 4 is 11.4 Å². The van der Waals surface area contributed by atoms with E-state index in [1.807, 2.05) is 24.3 Å². The van der Waals surface area contributed by atoms with Crippen LogP contribution in [0.15, 0.2) is 61.1 Å². The van der Waals surface area contributed by atoms with Gasteiger partial charge in [0.25, 0.3) is 0 Å². The molecule has 5 heteroatoms. The van der Waals surface area contributed by atoms with Gasteiger partial charge >= 0.3 is 0 Å². The smallest absolute Gasteiger partial charge is 0.213 e. The van der Waals surface area contributed by atoms with Crippen LogP contribution in [-0.2, 0) is 0 Å². The molecule has 0 unspecified atom stereocenters. The Morgan fingerprint density at radius 3 is 2.45 bits per heavy atom. The number of pyridine rings is 3. The highest BCUT2D eigenvalue weighted by atomic mass is 19.1. The van der Waals surface area contributed by atoms with Crippen molar-refractivity contribution < 1.29 is 4.39 Å². The molecule has 20 heavy (non-hydrogen) atoms. The molecule has 0 aromatic carbocycles. The lowest BCUT2D eigenvalue weighted by Gasteiger charge is -2.07. The lowest BCUT2D eigenvalue weighted by molar-refractivity contribution is 0.585. The monoisotopic (exact) mass is 266 g/mol. The number of hydrogen-bond acceptors (Lipinski definition) is 4. The number of nitrogens with zero attached hydrogens (tertiary/aromatic N) is 3. The van der Waals surface area contributed by atoms with Gasteiger partial charge in [-0.05, 0) is 36.4 Å². The topological polar surface area (TPSA) is 50.7 Å². The van der Waals surface area contributed by atoms with E-state index in [0.717, 1.165) is 11.4 Å². The summed E-state index contributed by atoms with van der Waals surface area (Å²) in [6, 6.07) is 12.0. The van der Waals surface area contributed by atoms with Crippen molar-refractivity contribution in [3.05, 3.63) is 67.0 Å². The minimum absolute atomic E-state index is 0.503. The molecule has 0 atom stereocenters. The van der Waals surface area contributed by atoms with E-state index in [2.05, 4.69) is 20.3 Å². The summed E-state index contributed by atoms with van der Waals surface area (Å²) in [5.74, 6) is -0.517. The molecule has 0 radical (unpaired) electrons. The van der Waals surface area contributed by atoms with E-state index in [-0.39, 0.29) is 0 Å². The van der Waals surface area contributed by atoms with E-state index in [4.69, 9.17) is 0 Å². The van der Waals surface area contributed by atoms with Gasteiger partial charge in [-0.25, -0.2) is 4.98 Å². The van der Waals surface area contributed by atoms with Gasteiger partial charge in [-0.3, -0.25) is 9.97 Å². The average Bonchev–Trinajstić information content (AvgIpc) is 2.49. The van der Waals surface area contributed by atoms with Crippen molar-refractivity contribution in [2.75, 3.05) is 5.32 Å². The predicted octanol–water partition coefficient (Wildman–Crippen LogP) is 3.42. The molecule has 3 aromatic heterocycles. The van der Waals surface area contributed by atoms with Gasteiger partial charge in [0.1, 0.15) is 0 Å². The highest BCUT2D eigenvalue weighted by molar-refractivity contribution is 5.65. The number of anilines is 2. The number of rotatable bonds is 3. The molecule has 3 aromatic rings. The molecule has 0 aliphatic carbocycles. The van der Waals surface area contributed by atoms with Crippen LogP contribution in [0.4, 0.5) is 15.8 Å². The second-order valence-corrected chi connectivity index (χ2v) is 4.14. The molecular weight excluding hydrogens is 255 g/mol. The second kappa shape index (κ2) is 5.44. The second-order valence-electron chi connectivity index (χ2n) is 4.14. The van der Waals surface area contributed by atoms with Gasteiger partial charge in [0.2, 0.25) is 5.95 Å². The third-order valence-corrected chi connectivity index (χ3v) is 2.71. The van der Waals surface area contributed by atoms with Crippen molar-refractivity contribution in [3.8, 4) is 11.4 Å². The van der Waals surface area contributed by atoms with Crippen molar-refractivity contribution in [3.63, 3.8) is 0 Å². The van der Waals surface area contributed by atoms with E-state index < -0.39 is 5.95 Å². The highest BCUT2D eigenvalue weighted by Gasteiger charge is 2.03. The maximum atomic E-state index is 13.1. The summed E-state index contributed by atoms with van der Waals surface area (Å²) in [4.78, 5) is 12.0. The Morgan fingerprint density at radius 1 is 0.850 bits per heavy atom. The summed E-state index contributed by atoms with van der Waals surface area (Å²) in [7, 11) is 0. The third-order valence-electron chi connectivity index (χ3n) is 2.71. The zero-order valence-corrected chi connectivity index (χ0v) is 10.5. The van der Waals surface area contributed by atoms with Crippen LogP contribution < -0.4 is 5.32 Å². The van der Waals surface area contributed by atoms with Crippen LogP contribution in [0.3, 0.4) is 0 Å². The van der Waals surface area contributed by atoms with E-state index >= 15 is 0 Å². The summed E-state index contributed by atoms with van der Waals surface area (Å²) in [6.07, 6.45) is 5.07. The third kappa shape index (κ3) is 2.77. The molecule has 98 valence electrons.